The van der Waals surface area contributed by atoms with Crippen LogP contribution in [-0.4, -0.2) is 47.6 Å². The molecule has 0 N–H and O–H groups in total. The Morgan fingerprint density at radius 1 is 1.08 bits per heavy atom. The molecule has 39 heavy (non-hydrogen) atoms. The van der Waals surface area contributed by atoms with E-state index in [-0.39, 0.29) is 28.8 Å². The molecule has 6 nitrogen and oxygen atoms in total. The first kappa shape index (κ1) is 27.5. The number of carbonyl (C=O) groups is 1. The fourth-order valence-corrected chi connectivity index (χ4v) is 7.95. The van der Waals surface area contributed by atoms with Gasteiger partial charge in [-0.3, -0.25) is 9.78 Å². The lowest BCUT2D eigenvalue weighted by atomic mass is 9.85. The fourth-order valence-electron chi connectivity index (χ4n) is 5.29. The Hall–Kier alpha value is -3.07. The highest BCUT2D eigenvalue weighted by Crippen LogP contribution is 2.39. The molecule has 1 atom stereocenters. The Morgan fingerprint density at radius 3 is 2.49 bits per heavy atom. The Morgan fingerprint density at radius 2 is 1.79 bits per heavy atom. The van der Waals surface area contributed by atoms with E-state index in [0.29, 0.717) is 12.1 Å². The standard InChI is InChI=1S/C31H35N3O3S2/c1-21(2)34(39(36,37)27-10-6-8-22-9-7-17-32-29(22)27)20-28(35)33-18-15-26-25(16-19-38-26)30(33)23-11-13-24(14-12-23)31(3,4)5/h6-14,16-17,19,21,30H,15,18,20H2,1-5H3/t30-/m0/s1. The molecule has 1 aliphatic rings. The van der Waals surface area contributed by atoms with Crippen LogP contribution in [0.4, 0.5) is 0 Å². The summed E-state index contributed by atoms with van der Waals surface area (Å²) in [6.07, 6.45) is 2.35. The van der Waals surface area contributed by atoms with Crippen LogP contribution in [0.5, 0.6) is 0 Å². The highest BCUT2D eigenvalue weighted by molar-refractivity contribution is 7.89. The molecule has 0 unspecified atom stereocenters. The average molecular weight is 562 g/mol. The van der Waals surface area contributed by atoms with E-state index >= 15 is 0 Å². The van der Waals surface area contributed by atoms with Crippen molar-refractivity contribution < 1.29 is 13.2 Å². The predicted octanol–water partition coefficient (Wildman–Crippen LogP) is 6.17. The van der Waals surface area contributed by atoms with E-state index in [1.165, 1.54) is 14.7 Å². The van der Waals surface area contributed by atoms with Crippen LogP contribution in [0.25, 0.3) is 10.9 Å². The number of carbonyl (C=O) groups excluding carboxylic acids is 1. The van der Waals surface area contributed by atoms with Gasteiger partial charge in [-0.1, -0.05) is 63.2 Å². The molecular formula is C31H35N3O3S2. The molecule has 2 aromatic carbocycles. The first-order valence-corrected chi connectivity index (χ1v) is 15.6. The van der Waals surface area contributed by atoms with E-state index in [4.69, 9.17) is 0 Å². The Kier molecular flexibility index (Phi) is 7.39. The monoisotopic (exact) mass is 561 g/mol. The number of aromatic nitrogens is 1. The second kappa shape index (κ2) is 10.5. The van der Waals surface area contributed by atoms with Gasteiger partial charge in [-0.2, -0.15) is 4.31 Å². The van der Waals surface area contributed by atoms with Crippen LogP contribution < -0.4 is 0 Å². The molecule has 3 heterocycles. The van der Waals surface area contributed by atoms with Crippen molar-refractivity contribution in [2.24, 2.45) is 0 Å². The van der Waals surface area contributed by atoms with Crippen molar-refractivity contribution in [3.63, 3.8) is 0 Å². The van der Waals surface area contributed by atoms with Gasteiger partial charge in [0.05, 0.1) is 18.1 Å². The second-order valence-electron chi connectivity index (χ2n) is 11.4. The summed E-state index contributed by atoms with van der Waals surface area (Å²) < 4.78 is 29.2. The second-order valence-corrected chi connectivity index (χ2v) is 14.2. The first-order valence-electron chi connectivity index (χ1n) is 13.3. The minimum atomic E-state index is -3.99. The summed E-state index contributed by atoms with van der Waals surface area (Å²) in [6.45, 7) is 10.5. The maximum Gasteiger partial charge on any atom is 0.245 e. The third-order valence-electron chi connectivity index (χ3n) is 7.43. The zero-order chi connectivity index (χ0) is 27.9. The van der Waals surface area contributed by atoms with Crippen LogP contribution in [0.2, 0.25) is 0 Å². The molecule has 8 heteroatoms. The third kappa shape index (κ3) is 5.25. The van der Waals surface area contributed by atoms with Gasteiger partial charge in [0.2, 0.25) is 15.9 Å². The summed E-state index contributed by atoms with van der Waals surface area (Å²) >= 11 is 1.72. The van der Waals surface area contributed by atoms with Crippen LogP contribution in [0, 0.1) is 0 Å². The normalized spacial score (nSPS) is 16.2. The SMILES string of the molecule is CC(C)N(CC(=O)N1CCc2sccc2[C@@H]1c1ccc(C(C)(C)C)cc1)S(=O)(=O)c1cccc2cccnc12. The fraction of sp³-hybridized carbons (Fsp3) is 0.355. The number of nitrogens with zero attached hydrogens (tertiary/aromatic N) is 3. The summed E-state index contributed by atoms with van der Waals surface area (Å²) in [6, 6.07) is 18.7. The van der Waals surface area contributed by atoms with Crippen LogP contribution in [0.15, 0.2) is 77.1 Å². The predicted molar refractivity (Wildman–Crippen MR) is 157 cm³/mol. The molecule has 0 saturated heterocycles. The zero-order valence-corrected chi connectivity index (χ0v) is 24.7. The van der Waals surface area contributed by atoms with Crippen molar-refractivity contribution in [1.29, 1.82) is 0 Å². The first-order chi connectivity index (χ1) is 18.5. The average Bonchev–Trinajstić information content (AvgIpc) is 3.39. The van der Waals surface area contributed by atoms with Gasteiger partial charge in [0, 0.05) is 29.0 Å². The zero-order valence-electron chi connectivity index (χ0n) is 23.1. The van der Waals surface area contributed by atoms with Crippen molar-refractivity contribution in [3.8, 4) is 0 Å². The summed E-state index contributed by atoms with van der Waals surface area (Å²) in [4.78, 5) is 21.6. The van der Waals surface area contributed by atoms with Crippen molar-refractivity contribution in [3.05, 3.63) is 93.8 Å². The van der Waals surface area contributed by atoms with E-state index in [1.54, 1.807) is 49.6 Å². The Balaban J connectivity index is 1.50. The van der Waals surface area contributed by atoms with E-state index < -0.39 is 16.1 Å². The number of sulfonamides is 1. The summed E-state index contributed by atoms with van der Waals surface area (Å²) in [5.74, 6) is -0.206. The van der Waals surface area contributed by atoms with Crippen LogP contribution in [0.1, 0.15) is 62.2 Å². The highest BCUT2D eigenvalue weighted by Gasteiger charge is 2.37. The summed E-state index contributed by atoms with van der Waals surface area (Å²) in [5.41, 5.74) is 3.83. The number of amides is 1. The summed E-state index contributed by atoms with van der Waals surface area (Å²) in [7, 11) is -3.99. The smallest absolute Gasteiger partial charge is 0.245 e. The number of rotatable bonds is 6. The molecule has 1 aliphatic heterocycles. The van der Waals surface area contributed by atoms with Crippen molar-refractivity contribution in [1.82, 2.24) is 14.2 Å². The molecule has 1 amide bonds. The van der Waals surface area contributed by atoms with E-state index in [2.05, 4.69) is 61.5 Å². The lowest BCUT2D eigenvalue weighted by molar-refractivity contribution is -0.133. The number of benzene rings is 2. The van der Waals surface area contributed by atoms with Gasteiger partial charge in [-0.25, -0.2) is 8.42 Å². The van der Waals surface area contributed by atoms with Crippen LogP contribution in [0.3, 0.4) is 0 Å². The molecule has 0 saturated carbocycles. The molecule has 0 spiro atoms. The Labute approximate surface area is 235 Å². The van der Waals surface area contributed by atoms with Gasteiger partial charge in [0.15, 0.2) is 0 Å². The minimum absolute atomic E-state index is 0.0245. The van der Waals surface area contributed by atoms with Crippen LogP contribution >= 0.6 is 11.3 Å². The Bertz CT molecular complexity index is 1600. The van der Waals surface area contributed by atoms with Gasteiger partial charge in [-0.15, -0.1) is 11.3 Å². The highest BCUT2D eigenvalue weighted by atomic mass is 32.2. The lowest BCUT2D eigenvalue weighted by Gasteiger charge is -2.38. The number of thiophene rings is 1. The quantitative estimate of drug-likeness (QED) is 0.282. The molecule has 204 valence electrons. The van der Waals surface area contributed by atoms with Crippen molar-refractivity contribution in [2.75, 3.05) is 13.1 Å². The van der Waals surface area contributed by atoms with E-state index in [1.807, 2.05) is 17.0 Å². The molecule has 0 fully saturated rings. The molecular weight excluding hydrogens is 526 g/mol. The third-order valence-corrected chi connectivity index (χ3v) is 10.5. The number of hydrogen-bond donors (Lipinski definition) is 0. The number of pyridine rings is 1. The largest absolute Gasteiger partial charge is 0.330 e. The van der Waals surface area contributed by atoms with Gasteiger partial charge in [-0.05, 0) is 66.0 Å². The number of fused-ring (bicyclic) bond motifs is 2. The van der Waals surface area contributed by atoms with Crippen molar-refractivity contribution in [2.45, 2.75) is 63.4 Å². The molecule has 2 aromatic heterocycles. The molecule has 4 aromatic rings. The van der Waals surface area contributed by atoms with Gasteiger partial charge in [0.25, 0.3) is 0 Å². The van der Waals surface area contributed by atoms with Gasteiger partial charge in [0.1, 0.15) is 4.90 Å². The molecule has 0 bridgehead atoms. The maximum atomic E-state index is 14.0. The van der Waals surface area contributed by atoms with Gasteiger partial charge < -0.3 is 4.90 Å². The number of hydrogen-bond acceptors (Lipinski definition) is 5. The van der Waals surface area contributed by atoms with E-state index in [0.717, 1.165) is 22.9 Å². The van der Waals surface area contributed by atoms with Crippen molar-refractivity contribution >= 4 is 38.2 Å². The topological polar surface area (TPSA) is 70.6 Å². The molecule has 0 aliphatic carbocycles. The van der Waals surface area contributed by atoms with Crippen LogP contribution in [-0.2, 0) is 26.7 Å². The number of para-hydroxylation sites is 1. The minimum Gasteiger partial charge on any atom is -0.330 e. The molecule has 0 radical (unpaired) electrons. The molecule has 5 rings (SSSR count). The lowest BCUT2D eigenvalue weighted by Crippen LogP contribution is -2.48. The summed E-state index contributed by atoms with van der Waals surface area (Å²) in [5, 5.41) is 2.82. The van der Waals surface area contributed by atoms with Gasteiger partial charge >= 0.3 is 0 Å². The van der Waals surface area contributed by atoms with E-state index in [9.17, 15) is 13.2 Å². The maximum absolute atomic E-state index is 14.0.